The molecule has 0 aromatic rings. The Morgan fingerprint density at radius 2 is 2.07 bits per heavy atom. The Hall–Kier alpha value is 0.0700. The van der Waals surface area contributed by atoms with Gasteiger partial charge in [-0.05, 0) is 13.0 Å². The van der Waals surface area contributed by atoms with Crippen molar-refractivity contribution in [3.05, 3.63) is 0 Å². The topological polar surface area (TPSA) is 40.5 Å². The van der Waals surface area contributed by atoms with Gasteiger partial charge in [-0.3, -0.25) is 4.21 Å². The Bertz CT molecular complexity index is 206. The van der Waals surface area contributed by atoms with E-state index in [1.54, 1.807) is 0 Å². The minimum absolute atomic E-state index is 0.0359. The molecule has 0 aromatic carbocycles. The van der Waals surface area contributed by atoms with Crippen molar-refractivity contribution in [2.45, 2.75) is 20.3 Å². The van der Waals surface area contributed by atoms with Crippen LogP contribution in [-0.4, -0.2) is 52.0 Å². The van der Waals surface area contributed by atoms with E-state index in [9.17, 15) is 4.21 Å². The zero-order valence-electron chi connectivity index (χ0n) is 9.16. The number of aliphatic hydroxyl groups excluding tert-OH is 1. The molecule has 14 heavy (non-hydrogen) atoms. The van der Waals surface area contributed by atoms with Crippen molar-refractivity contribution in [3.8, 4) is 0 Å². The Kier molecular flexibility index (Phi) is 4.54. The summed E-state index contributed by atoms with van der Waals surface area (Å²) in [5.41, 5.74) is -0.0359. The molecule has 0 radical (unpaired) electrons. The molecule has 4 heteroatoms. The molecule has 0 amide bonds. The fourth-order valence-electron chi connectivity index (χ4n) is 1.71. The van der Waals surface area contributed by atoms with Gasteiger partial charge < -0.3 is 10.0 Å². The first kappa shape index (κ1) is 12.1. The van der Waals surface area contributed by atoms with Gasteiger partial charge in [-0.25, -0.2) is 0 Å². The predicted molar refractivity (Wildman–Crippen MR) is 59.8 cm³/mol. The third-order valence-electron chi connectivity index (χ3n) is 2.56. The second-order valence-corrected chi connectivity index (χ2v) is 6.50. The summed E-state index contributed by atoms with van der Waals surface area (Å²) in [6, 6.07) is 0. The van der Waals surface area contributed by atoms with E-state index in [2.05, 4.69) is 18.7 Å². The highest BCUT2D eigenvalue weighted by atomic mass is 32.2. The molecular formula is C10H21NO2S. The lowest BCUT2D eigenvalue weighted by molar-refractivity contribution is 0.107. The van der Waals surface area contributed by atoms with Gasteiger partial charge >= 0.3 is 0 Å². The second kappa shape index (κ2) is 5.24. The highest BCUT2D eigenvalue weighted by Gasteiger charge is 2.22. The van der Waals surface area contributed by atoms with Crippen molar-refractivity contribution in [2.75, 3.05) is 37.7 Å². The molecule has 1 aliphatic rings. The summed E-state index contributed by atoms with van der Waals surface area (Å²) in [7, 11) is -0.613. The summed E-state index contributed by atoms with van der Waals surface area (Å²) in [6.07, 6.45) is 1.02. The summed E-state index contributed by atoms with van der Waals surface area (Å²) in [6.45, 7) is 7.18. The highest BCUT2D eigenvalue weighted by Crippen LogP contribution is 2.16. The molecule has 1 atom stereocenters. The van der Waals surface area contributed by atoms with E-state index in [1.807, 2.05) is 0 Å². The van der Waals surface area contributed by atoms with Crippen LogP contribution in [0, 0.1) is 5.41 Å². The molecular weight excluding hydrogens is 198 g/mol. The Morgan fingerprint density at radius 3 is 2.71 bits per heavy atom. The standard InChI is InChI=1S/C10H21NO2S/c1-10(2,9-12)8-11-4-3-6-14(13)7-5-11/h12H,3-9H2,1-2H3. The third kappa shape index (κ3) is 4.07. The van der Waals surface area contributed by atoms with Crippen LogP contribution in [0.1, 0.15) is 20.3 Å². The molecule has 1 fully saturated rings. The predicted octanol–water partition coefficient (Wildman–Crippen LogP) is 0.459. The highest BCUT2D eigenvalue weighted by molar-refractivity contribution is 7.85. The van der Waals surface area contributed by atoms with Gasteiger partial charge in [0.05, 0.1) is 0 Å². The second-order valence-electron chi connectivity index (χ2n) is 4.80. The summed E-state index contributed by atoms with van der Waals surface area (Å²) < 4.78 is 11.3. The molecule has 1 unspecified atom stereocenters. The lowest BCUT2D eigenvalue weighted by atomic mass is 9.94. The van der Waals surface area contributed by atoms with Crippen LogP contribution in [0.2, 0.25) is 0 Å². The summed E-state index contributed by atoms with van der Waals surface area (Å²) >= 11 is 0. The largest absolute Gasteiger partial charge is 0.396 e. The Morgan fingerprint density at radius 1 is 1.36 bits per heavy atom. The van der Waals surface area contributed by atoms with Crippen molar-refractivity contribution < 1.29 is 9.32 Å². The molecule has 1 heterocycles. The molecule has 0 bridgehead atoms. The van der Waals surface area contributed by atoms with E-state index in [-0.39, 0.29) is 12.0 Å². The van der Waals surface area contributed by atoms with E-state index < -0.39 is 10.8 Å². The molecule has 3 nitrogen and oxygen atoms in total. The van der Waals surface area contributed by atoms with Gasteiger partial charge in [-0.2, -0.15) is 0 Å². The number of hydrogen-bond donors (Lipinski definition) is 1. The van der Waals surface area contributed by atoms with Gasteiger partial charge in [0.2, 0.25) is 0 Å². The quantitative estimate of drug-likeness (QED) is 0.749. The smallest absolute Gasteiger partial charge is 0.0494 e. The van der Waals surface area contributed by atoms with Gasteiger partial charge in [0, 0.05) is 47.4 Å². The SMILES string of the molecule is CC(C)(CO)CN1CCCS(=O)CC1. The van der Waals surface area contributed by atoms with E-state index in [0.717, 1.165) is 37.6 Å². The molecule has 1 N–H and O–H groups in total. The lowest BCUT2D eigenvalue weighted by Gasteiger charge is -2.30. The van der Waals surface area contributed by atoms with Gasteiger partial charge in [0.15, 0.2) is 0 Å². The van der Waals surface area contributed by atoms with E-state index in [0.29, 0.717) is 0 Å². The maximum atomic E-state index is 11.3. The number of nitrogens with zero attached hydrogens (tertiary/aromatic N) is 1. The van der Waals surface area contributed by atoms with Crippen LogP contribution in [0.5, 0.6) is 0 Å². The first-order chi connectivity index (χ1) is 6.53. The Labute approximate surface area is 88.9 Å². The molecule has 1 saturated heterocycles. The van der Waals surface area contributed by atoms with Crippen LogP contribution in [0.15, 0.2) is 0 Å². The maximum absolute atomic E-state index is 11.3. The number of hydrogen-bond acceptors (Lipinski definition) is 3. The van der Waals surface area contributed by atoms with E-state index in [4.69, 9.17) is 5.11 Å². The summed E-state index contributed by atoms with van der Waals surface area (Å²) in [4.78, 5) is 2.32. The van der Waals surface area contributed by atoms with Crippen molar-refractivity contribution in [1.29, 1.82) is 0 Å². The van der Waals surface area contributed by atoms with Crippen LogP contribution in [-0.2, 0) is 10.8 Å². The average molecular weight is 219 g/mol. The van der Waals surface area contributed by atoms with Crippen LogP contribution in [0.25, 0.3) is 0 Å². The molecule has 1 rings (SSSR count). The number of rotatable bonds is 3. The Balaban J connectivity index is 2.41. The normalized spacial score (nSPS) is 26.1. The number of aliphatic hydroxyl groups is 1. The minimum atomic E-state index is -0.613. The van der Waals surface area contributed by atoms with Crippen molar-refractivity contribution in [2.24, 2.45) is 5.41 Å². The molecule has 0 aliphatic carbocycles. The molecule has 1 aliphatic heterocycles. The fourth-order valence-corrected chi connectivity index (χ4v) is 2.82. The van der Waals surface area contributed by atoms with Gasteiger partial charge in [0.25, 0.3) is 0 Å². The molecule has 0 aromatic heterocycles. The van der Waals surface area contributed by atoms with Crippen LogP contribution >= 0.6 is 0 Å². The van der Waals surface area contributed by atoms with Crippen LogP contribution in [0.4, 0.5) is 0 Å². The van der Waals surface area contributed by atoms with Crippen molar-refractivity contribution in [1.82, 2.24) is 4.90 Å². The summed E-state index contributed by atoms with van der Waals surface area (Å²) in [5, 5.41) is 9.16. The maximum Gasteiger partial charge on any atom is 0.0494 e. The van der Waals surface area contributed by atoms with Crippen LogP contribution < -0.4 is 0 Å². The monoisotopic (exact) mass is 219 g/mol. The van der Waals surface area contributed by atoms with Crippen molar-refractivity contribution in [3.63, 3.8) is 0 Å². The first-order valence-corrected chi connectivity index (χ1v) is 6.70. The van der Waals surface area contributed by atoms with E-state index >= 15 is 0 Å². The zero-order chi connectivity index (χ0) is 10.6. The third-order valence-corrected chi connectivity index (χ3v) is 3.94. The van der Waals surface area contributed by atoms with Crippen molar-refractivity contribution >= 4 is 10.8 Å². The van der Waals surface area contributed by atoms with Gasteiger partial charge in [-0.15, -0.1) is 0 Å². The van der Waals surface area contributed by atoms with Gasteiger partial charge in [0.1, 0.15) is 0 Å². The fraction of sp³-hybridized carbons (Fsp3) is 1.00. The molecule has 84 valence electrons. The molecule has 0 saturated carbocycles. The lowest BCUT2D eigenvalue weighted by Crippen LogP contribution is -2.37. The zero-order valence-corrected chi connectivity index (χ0v) is 9.98. The van der Waals surface area contributed by atoms with E-state index in [1.165, 1.54) is 0 Å². The minimum Gasteiger partial charge on any atom is -0.396 e. The van der Waals surface area contributed by atoms with Gasteiger partial charge in [-0.1, -0.05) is 13.8 Å². The van der Waals surface area contributed by atoms with Crippen LogP contribution in [0.3, 0.4) is 0 Å². The molecule has 0 spiro atoms. The summed E-state index contributed by atoms with van der Waals surface area (Å²) in [5.74, 6) is 1.64. The first-order valence-electron chi connectivity index (χ1n) is 5.22. The average Bonchev–Trinajstić information content (AvgIpc) is 2.31.